The van der Waals surface area contributed by atoms with Crippen LogP contribution in [0, 0.1) is 0 Å². The van der Waals surface area contributed by atoms with Crippen molar-refractivity contribution in [2.75, 3.05) is 6.61 Å². The molecule has 30 heavy (non-hydrogen) atoms. The summed E-state index contributed by atoms with van der Waals surface area (Å²) in [6.45, 7) is 2.75. The van der Waals surface area contributed by atoms with Gasteiger partial charge in [0.05, 0.1) is 13.0 Å². The second kappa shape index (κ2) is 19.3. The van der Waals surface area contributed by atoms with Gasteiger partial charge in [-0.05, 0) is 6.42 Å². The molecule has 1 aromatic carbocycles. The molecule has 0 heterocycles. The van der Waals surface area contributed by atoms with E-state index in [1.54, 1.807) is 12.1 Å². The first-order chi connectivity index (χ1) is 14.7. The van der Waals surface area contributed by atoms with Crippen LogP contribution in [0.3, 0.4) is 0 Å². The third-order valence-electron chi connectivity index (χ3n) is 5.66. The average Bonchev–Trinajstić information content (AvgIpc) is 2.77. The summed E-state index contributed by atoms with van der Waals surface area (Å²) < 4.78 is 5.25. The van der Waals surface area contributed by atoms with Gasteiger partial charge in [0.25, 0.3) is 0 Å². The number of carbonyl (C=O) groups is 2. The number of Topliss-reactive ketones (excluding diaryl/α,β-unsaturated/α-hetero) is 1. The minimum absolute atomic E-state index is 0.000441. The lowest BCUT2D eigenvalue weighted by atomic mass is 10.0. The molecule has 0 aliphatic heterocycles. The number of hydrogen-bond donors (Lipinski definition) is 0. The molecule has 0 spiro atoms. The van der Waals surface area contributed by atoms with Crippen LogP contribution < -0.4 is 0 Å². The second-order valence-electron chi connectivity index (χ2n) is 8.46. The van der Waals surface area contributed by atoms with Gasteiger partial charge in [-0.1, -0.05) is 127 Å². The van der Waals surface area contributed by atoms with Crippen molar-refractivity contribution in [1.82, 2.24) is 0 Å². The number of esters is 1. The average molecular weight is 417 g/mol. The highest BCUT2D eigenvalue weighted by molar-refractivity contribution is 5.97. The smallest absolute Gasteiger partial charge is 0.306 e. The Morgan fingerprint density at radius 3 is 1.60 bits per heavy atom. The van der Waals surface area contributed by atoms with Crippen LogP contribution in [0.25, 0.3) is 0 Å². The molecule has 0 saturated heterocycles. The first kappa shape index (κ1) is 26.4. The van der Waals surface area contributed by atoms with E-state index in [2.05, 4.69) is 6.92 Å². The molecule has 0 saturated carbocycles. The fraction of sp³-hybridized carbons (Fsp3) is 0.704. The van der Waals surface area contributed by atoms with E-state index < -0.39 is 0 Å². The van der Waals surface area contributed by atoms with E-state index in [-0.39, 0.29) is 24.6 Å². The van der Waals surface area contributed by atoms with Gasteiger partial charge in [-0.3, -0.25) is 9.59 Å². The fourth-order valence-electron chi connectivity index (χ4n) is 3.72. The summed E-state index contributed by atoms with van der Waals surface area (Å²) in [6, 6.07) is 9.11. The summed E-state index contributed by atoms with van der Waals surface area (Å²) in [7, 11) is 0. The van der Waals surface area contributed by atoms with Gasteiger partial charge in [-0.15, -0.1) is 0 Å². The van der Waals surface area contributed by atoms with Gasteiger partial charge < -0.3 is 4.74 Å². The molecule has 1 rings (SSSR count). The Bertz CT molecular complexity index is 538. The number of ketones is 1. The third-order valence-corrected chi connectivity index (χ3v) is 5.66. The van der Waals surface area contributed by atoms with Gasteiger partial charge in [-0.25, -0.2) is 0 Å². The van der Waals surface area contributed by atoms with Crippen LogP contribution in [-0.4, -0.2) is 18.4 Å². The van der Waals surface area contributed by atoms with Crippen molar-refractivity contribution in [3.05, 3.63) is 35.9 Å². The highest BCUT2D eigenvalue weighted by Gasteiger charge is 2.09. The maximum Gasteiger partial charge on any atom is 0.306 e. The molecule has 0 aliphatic carbocycles. The molecular weight excluding hydrogens is 372 g/mol. The van der Waals surface area contributed by atoms with Gasteiger partial charge in [0.15, 0.2) is 5.78 Å². The minimum atomic E-state index is -0.260. The number of unbranched alkanes of at least 4 members (excludes halogenated alkanes) is 14. The molecule has 170 valence electrons. The Hall–Kier alpha value is -1.64. The largest absolute Gasteiger partial charge is 0.466 e. The first-order valence-electron chi connectivity index (χ1n) is 12.5. The van der Waals surface area contributed by atoms with E-state index in [1.165, 1.54) is 83.5 Å². The van der Waals surface area contributed by atoms with E-state index in [9.17, 15) is 9.59 Å². The summed E-state index contributed by atoms with van der Waals surface area (Å²) in [4.78, 5) is 23.7. The van der Waals surface area contributed by atoms with Crippen LogP contribution in [0.2, 0.25) is 0 Å². The van der Waals surface area contributed by atoms with Crippen molar-refractivity contribution in [3.63, 3.8) is 0 Å². The molecule has 0 N–H and O–H groups in total. The van der Waals surface area contributed by atoms with Crippen LogP contribution in [0.4, 0.5) is 0 Å². The Morgan fingerprint density at radius 2 is 1.10 bits per heavy atom. The lowest BCUT2D eigenvalue weighted by Crippen LogP contribution is -2.09. The summed E-state index contributed by atoms with van der Waals surface area (Å²) in [5.41, 5.74) is 0.660. The maximum absolute atomic E-state index is 12.0. The second-order valence-corrected chi connectivity index (χ2v) is 8.46. The zero-order valence-electron chi connectivity index (χ0n) is 19.3. The molecule has 0 bridgehead atoms. The number of rotatable bonds is 20. The molecule has 0 amide bonds. The predicted molar refractivity (Wildman–Crippen MR) is 126 cm³/mol. The highest BCUT2D eigenvalue weighted by atomic mass is 16.5. The van der Waals surface area contributed by atoms with E-state index in [0.29, 0.717) is 12.2 Å². The van der Waals surface area contributed by atoms with Gasteiger partial charge in [0.2, 0.25) is 0 Å². The Labute approximate surface area is 185 Å². The Morgan fingerprint density at radius 1 is 0.633 bits per heavy atom. The van der Waals surface area contributed by atoms with Crippen LogP contribution in [0.1, 0.15) is 126 Å². The molecular formula is C27H44O3. The SMILES string of the molecule is CCCCCCCCCCCCCCCCCOC(=O)CCC(=O)c1ccccc1. The Kier molecular flexibility index (Phi) is 17.0. The zero-order chi connectivity index (χ0) is 21.7. The molecule has 0 fully saturated rings. The molecule has 1 aromatic rings. The van der Waals surface area contributed by atoms with Crippen molar-refractivity contribution < 1.29 is 14.3 Å². The quantitative estimate of drug-likeness (QED) is 0.123. The summed E-state index contributed by atoms with van der Waals surface area (Å²) in [6.07, 6.45) is 20.3. The summed E-state index contributed by atoms with van der Waals surface area (Å²) in [5.74, 6) is -0.260. The van der Waals surface area contributed by atoms with Gasteiger partial charge in [0.1, 0.15) is 0 Å². The normalized spacial score (nSPS) is 10.8. The van der Waals surface area contributed by atoms with Crippen LogP contribution >= 0.6 is 0 Å². The summed E-state index contributed by atoms with van der Waals surface area (Å²) >= 11 is 0. The van der Waals surface area contributed by atoms with Crippen LogP contribution in [0.15, 0.2) is 30.3 Å². The van der Waals surface area contributed by atoms with Gasteiger partial charge in [-0.2, -0.15) is 0 Å². The molecule has 3 nitrogen and oxygen atoms in total. The van der Waals surface area contributed by atoms with E-state index in [4.69, 9.17) is 4.74 Å². The predicted octanol–water partition coefficient (Wildman–Crippen LogP) is 8.06. The van der Waals surface area contributed by atoms with Gasteiger partial charge >= 0.3 is 5.97 Å². The number of benzene rings is 1. The van der Waals surface area contributed by atoms with Crippen molar-refractivity contribution in [2.24, 2.45) is 0 Å². The molecule has 0 radical (unpaired) electrons. The number of hydrogen-bond acceptors (Lipinski definition) is 3. The first-order valence-corrected chi connectivity index (χ1v) is 12.5. The topological polar surface area (TPSA) is 43.4 Å². The highest BCUT2D eigenvalue weighted by Crippen LogP contribution is 2.13. The molecule has 0 aromatic heterocycles. The lowest BCUT2D eigenvalue weighted by molar-refractivity contribution is -0.143. The Balaban J connectivity index is 1.81. The monoisotopic (exact) mass is 416 g/mol. The van der Waals surface area contributed by atoms with E-state index in [0.717, 1.165) is 12.8 Å². The number of carbonyl (C=O) groups excluding carboxylic acids is 2. The van der Waals surface area contributed by atoms with E-state index in [1.807, 2.05) is 18.2 Å². The maximum atomic E-state index is 12.0. The van der Waals surface area contributed by atoms with Crippen LogP contribution in [0.5, 0.6) is 0 Å². The molecule has 0 aliphatic rings. The van der Waals surface area contributed by atoms with Crippen molar-refractivity contribution in [1.29, 1.82) is 0 Å². The minimum Gasteiger partial charge on any atom is -0.466 e. The van der Waals surface area contributed by atoms with Gasteiger partial charge in [0, 0.05) is 12.0 Å². The standard InChI is InChI=1S/C27H44O3/c1-2-3-4-5-6-7-8-9-10-11-12-13-14-15-19-24-30-27(29)23-22-26(28)25-20-17-16-18-21-25/h16-18,20-21H,2-15,19,22-24H2,1H3. The van der Waals surface area contributed by atoms with Crippen molar-refractivity contribution in [3.8, 4) is 0 Å². The third kappa shape index (κ3) is 15.2. The fourth-order valence-corrected chi connectivity index (χ4v) is 3.72. The zero-order valence-corrected chi connectivity index (χ0v) is 19.3. The number of ether oxygens (including phenoxy) is 1. The van der Waals surface area contributed by atoms with Crippen molar-refractivity contribution in [2.45, 2.75) is 116 Å². The lowest BCUT2D eigenvalue weighted by Gasteiger charge is -2.05. The van der Waals surface area contributed by atoms with Crippen molar-refractivity contribution >= 4 is 11.8 Å². The molecule has 0 atom stereocenters. The van der Waals surface area contributed by atoms with Crippen LogP contribution in [-0.2, 0) is 9.53 Å². The molecule has 3 heteroatoms. The molecule has 0 unspecified atom stereocenters. The van der Waals surface area contributed by atoms with E-state index >= 15 is 0 Å². The summed E-state index contributed by atoms with van der Waals surface area (Å²) in [5, 5.41) is 0.